The number of ether oxygens (including phenoxy) is 4. The number of hydrogen-bond acceptors (Lipinski definition) is 6. The number of fused-ring (bicyclic) bond motifs is 2. The van der Waals surface area contributed by atoms with Crippen LogP contribution in [0, 0.1) is 11.3 Å². The number of nitriles is 1. The highest BCUT2D eigenvalue weighted by atomic mass is 79.9. The SMILES string of the molecule is COc1c(Br)cc(Cl)cc1[C@@H]1C(C#N)=C(N)Oc2cc3c(cc21)OCO3. The van der Waals surface area contributed by atoms with Gasteiger partial charge in [0.25, 0.3) is 0 Å². The predicted octanol–water partition coefficient (Wildman–Crippen LogP) is 4.06. The molecule has 0 aromatic heterocycles. The van der Waals surface area contributed by atoms with Gasteiger partial charge < -0.3 is 24.7 Å². The Balaban J connectivity index is 2.00. The van der Waals surface area contributed by atoms with Crippen LogP contribution in [-0.4, -0.2) is 13.9 Å². The van der Waals surface area contributed by atoms with Crippen LogP contribution in [0.2, 0.25) is 5.02 Å². The van der Waals surface area contributed by atoms with Crippen molar-refractivity contribution in [2.45, 2.75) is 5.92 Å². The number of hydrogen-bond donors (Lipinski definition) is 1. The van der Waals surface area contributed by atoms with E-state index in [2.05, 4.69) is 22.0 Å². The van der Waals surface area contributed by atoms with E-state index < -0.39 is 5.92 Å². The van der Waals surface area contributed by atoms with Crippen molar-refractivity contribution in [3.8, 4) is 29.1 Å². The van der Waals surface area contributed by atoms with Crippen molar-refractivity contribution < 1.29 is 18.9 Å². The minimum Gasteiger partial charge on any atom is -0.495 e. The Bertz CT molecular complexity index is 1000. The van der Waals surface area contributed by atoms with E-state index in [1.54, 1.807) is 31.4 Å². The molecule has 132 valence electrons. The zero-order chi connectivity index (χ0) is 18.4. The summed E-state index contributed by atoms with van der Waals surface area (Å²) in [6.07, 6.45) is 0. The lowest BCUT2D eigenvalue weighted by Crippen LogP contribution is -2.21. The summed E-state index contributed by atoms with van der Waals surface area (Å²) in [5, 5.41) is 10.2. The van der Waals surface area contributed by atoms with Crippen molar-refractivity contribution in [1.29, 1.82) is 5.26 Å². The van der Waals surface area contributed by atoms with Gasteiger partial charge in [-0.05, 0) is 34.1 Å². The summed E-state index contributed by atoms with van der Waals surface area (Å²) < 4.78 is 22.8. The van der Waals surface area contributed by atoms with Gasteiger partial charge in [0, 0.05) is 22.2 Å². The van der Waals surface area contributed by atoms with E-state index in [1.807, 2.05) is 0 Å². The summed E-state index contributed by atoms with van der Waals surface area (Å²) in [7, 11) is 1.55. The second kappa shape index (κ2) is 6.31. The van der Waals surface area contributed by atoms with Crippen LogP contribution in [0.15, 0.2) is 40.2 Å². The smallest absolute Gasteiger partial charge is 0.231 e. The van der Waals surface area contributed by atoms with Crippen LogP contribution in [0.25, 0.3) is 0 Å². The van der Waals surface area contributed by atoms with Crippen LogP contribution in [0.4, 0.5) is 0 Å². The molecule has 2 aliphatic heterocycles. The van der Waals surface area contributed by atoms with Crippen LogP contribution in [0.5, 0.6) is 23.0 Å². The number of nitrogens with two attached hydrogens (primary N) is 1. The molecule has 1 atom stereocenters. The Morgan fingerprint density at radius 1 is 1.19 bits per heavy atom. The molecule has 2 aromatic carbocycles. The van der Waals surface area contributed by atoms with E-state index in [0.717, 1.165) is 0 Å². The fraction of sp³-hybridized carbons (Fsp3) is 0.167. The van der Waals surface area contributed by atoms with Crippen molar-refractivity contribution in [1.82, 2.24) is 0 Å². The Morgan fingerprint density at radius 3 is 2.62 bits per heavy atom. The van der Waals surface area contributed by atoms with Crippen molar-refractivity contribution in [2.24, 2.45) is 5.73 Å². The molecule has 2 aromatic rings. The number of rotatable bonds is 2. The van der Waals surface area contributed by atoms with E-state index in [9.17, 15) is 5.26 Å². The maximum absolute atomic E-state index is 9.71. The molecule has 0 bridgehead atoms. The second-order valence-electron chi connectivity index (χ2n) is 5.68. The summed E-state index contributed by atoms with van der Waals surface area (Å²) in [5.41, 5.74) is 7.69. The first-order valence-electron chi connectivity index (χ1n) is 7.57. The largest absolute Gasteiger partial charge is 0.495 e. The molecule has 0 saturated carbocycles. The van der Waals surface area contributed by atoms with Crippen molar-refractivity contribution in [3.63, 3.8) is 0 Å². The average molecular weight is 436 g/mol. The summed E-state index contributed by atoms with van der Waals surface area (Å²) in [6, 6.07) is 9.12. The van der Waals surface area contributed by atoms with Gasteiger partial charge in [-0.1, -0.05) is 11.6 Å². The lowest BCUT2D eigenvalue weighted by atomic mass is 9.83. The normalized spacial score (nSPS) is 17.4. The van der Waals surface area contributed by atoms with Gasteiger partial charge in [-0.2, -0.15) is 5.26 Å². The highest BCUT2D eigenvalue weighted by Crippen LogP contribution is 2.50. The monoisotopic (exact) mass is 434 g/mol. The first-order valence-corrected chi connectivity index (χ1v) is 8.74. The molecule has 0 fully saturated rings. The molecule has 0 spiro atoms. The lowest BCUT2D eigenvalue weighted by molar-refractivity contribution is 0.174. The topological polar surface area (TPSA) is 86.7 Å². The van der Waals surface area contributed by atoms with Gasteiger partial charge in [0.1, 0.15) is 23.1 Å². The molecular weight excluding hydrogens is 424 g/mol. The first kappa shape index (κ1) is 16.9. The van der Waals surface area contributed by atoms with Crippen LogP contribution in [0.1, 0.15) is 17.0 Å². The fourth-order valence-corrected chi connectivity index (χ4v) is 4.17. The molecule has 0 radical (unpaired) electrons. The quantitative estimate of drug-likeness (QED) is 0.765. The van der Waals surface area contributed by atoms with Crippen LogP contribution < -0.4 is 24.7 Å². The number of methoxy groups -OCH3 is 1. The van der Waals surface area contributed by atoms with E-state index in [4.69, 9.17) is 36.3 Å². The second-order valence-corrected chi connectivity index (χ2v) is 6.97. The standard InChI is InChI=1S/C18H12BrClN2O4/c1-23-17-10(2-8(20)3-12(17)19)16-9-4-14-15(25-7-24-14)5-13(9)26-18(22)11(16)6-21/h2-5,16H,7,22H2,1H3/t16-/m1/s1. The average Bonchev–Trinajstić information content (AvgIpc) is 3.05. The maximum atomic E-state index is 9.71. The molecule has 0 aliphatic carbocycles. The third-order valence-corrected chi connectivity index (χ3v) is 5.07. The van der Waals surface area contributed by atoms with E-state index in [-0.39, 0.29) is 18.2 Å². The zero-order valence-electron chi connectivity index (χ0n) is 13.5. The van der Waals surface area contributed by atoms with Gasteiger partial charge >= 0.3 is 0 Å². The molecule has 26 heavy (non-hydrogen) atoms. The zero-order valence-corrected chi connectivity index (χ0v) is 15.8. The highest BCUT2D eigenvalue weighted by Gasteiger charge is 2.35. The van der Waals surface area contributed by atoms with Gasteiger partial charge in [-0.25, -0.2) is 0 Å². The Labute approximate surface area is 162 Å². The third-order valence-electron chi connectivity index (χ3n) is 4.26. The molecular formula is C18H12BrClN2O4. The molecule has 0 saturated heterocycles. The summed E-state index contributed by atoms with van der Waals surface area (Å²) in [5.74, 6) is 1.70. The number of allylic oxidation sites excluding steroid dienone is 1. The summed E-state index contributed by atoms with van der Waals surface area (Å²) in [6.45, 7) is 0.128. The predicted molar refractivity (Wildman–Crippen MR) is 97.6 cm³/mol. The van der Waals surface area contributed by atoms with Gasteiger partial charge in [-0.3, -0.25) is 0 Å². The lowest BCUT2D eigenvalue weighted by Gasteiger charge is -2.28. The molecule has 6 nitrogen and oxygen atoms in total. The van der Waals surface area contributed by atoms with Crippen molar-refractivity contribution in [3.05, 3.63) is 56.3 Å². The minimum atomic E-state index is -0.525. The van der Waals surface area contributed by atoms with Crippen LogP contribution in [0.3, 0.4) is 0 Å². The summed E-state index contributed by atoms with van der Waals surface area (Å²) in [4.78, 5) is 0. The van der Waals surface area contributed by atoms with Gasteiger partial charge in [0.05, 0.1) is 17.5 Å². The first-order chi connectivity index (χ1) is 12.5. The van der Waals surface area contributed by atoms with Crippen molar-refractivity contribution in [2.75, 3.05) is 13.9 Å². The van der Waals surface area contributed by atoms with E-state index in [0.29, 0.717) is 43.6 Å². The van der Waals surface area contributed by atoms with Crippen LogP contribution in [-0.2, 0) is 0 Å². The number of halogens is 2. The number of nitrogens with zero attached hydrogens (tertiary/aromatic N) is 1. The van der Waals surface area contributed by atoms with Gasteiger partial charge in [0.15, 0.2) is 11.5 Å². The molecule has 0 amide bonds. The van der Waals surface area contributed by atoms with E-state index in [1.165, 1.54) is 0 Å². The minimum absolute atomic E-state index is 0.0296. The maximum Gasteiger partial charge on any atom is 0.231 e. The van der Waals surface area contributed by atoms with Crippen molar-refractivity contribution >= 4 is 27.5 Å². The molecule has 2 heterocycles. The summed E-state index contributed by atoms with van der Waals surface area (Å²) >= 11 is 9.71. The highest BCUT2D eigenvalue weighted by molar-refractivity contribution is 9.10. The molecule has 2 N–H and O–H groups in total. The molecule has 8 heteroatoms. The van der Waals surface area contributed by atoms with Crippen LogP contribution >= 0.6 is 27.5 Å². The number of benzene rings is 2. The Kier molecular flexibility index (Phi) is 4.10. The fourth-order valence-electron chi connectivity index (χ4n) is 3.18. The molecule has 2 aliphatic rings. The third kappa shape index (κ3) is 2.54. The van der Waals surface area contributed by atoms with Gasteiger partial charge in [0.2, 0.25) is 12.7 Å². The Morgan fingerprint density at radius 2 is 1.92 bits per heavy atom. The molecule has 4 rings (SSSR count). The van der Waals surface area contributed by atoms with E-state index >= 15 is 0 Å². The van der Waals surface area contributed by atoms with Gasteiger partial charge in [-0.15, -0.1) is 0 Å². The molecule has 0 unspecified atom stereocenters. The Hall–Kier alpha value is -2.56.